The van der Waals surface area contributed by atoms with Crippen molar-refractivity contribution >= 4 is 58.3 Å². The van der Waals surface area contributed by atoms with Crippen LogP contribution < -0.4 is 0 Å². The number of rotatable bonds is 11. The molecule has 10 rings (SSSR count). The number of aromatic amines is 2. The first-order valence-corrected chi connectivity index (χ1v) is 22.9. The van der Waals surface area contributed by atoms with E-state index in [1.807, 2.05) is 18.2 Å². The molecular formula is C59H48N4O6. The highest BCUT2D eigenvalue weighted by Crippen LogP contribution is 2.39. The second-order valence-electron chi connectivity index (χ2n) is 17.4. The van der Waals surface area contributed by atoms with Gasteiger partial charge in [-0.2, -0.15) is 0 Å². The maximum Gasteiger partial charge on any atom is 0.338 e. The number of carbonyl (C=O) groups excluding carboxylic acids is 2. The van der Waals surface area contributed by atoms with Crippen molar-refractivity contribution in [3.8, 4) is 56.0 Å². The third-order valence-electron chi connectivity index (χ3n) is 12.4. The lowest BCUT2D eigenvalue weighted by Gasteiger charge is -2.09. The lowest BCUT2D eigenvalue weighted by atomic mass is 10.0. The number of ether oxygens (including phenoxy) is 2. The van der Waals surface area contributed by atoms with Gasteiger partial charge in [0.25, 0.3) is 0 Å². The lowest BCUT2D eigenvalue weighted by molar-refractivity contribution is -0.143. The van der Waals surface area contributed by atoms with Crippen molar-refractivity contribution in [2.75, 3.05) is 13.2 Å². The third-order valence-corrected chi connectivity index (χ3v) is 12.4. The number of hydrogen-bond acceptors (Lipinski definition) is 8. The Morgan fingerprint density at radius 1 is 0.478 bits per heavy atom. The molecule has 10 nitrogen and oxygen atoms in total. The monoisotopic (exact) mass is 908 g/mol. The fourth-order valence-corrected chi connectivity index (χ4v) is 8.77. The summed E-state index contributed by atoms with van der Waals surface area (Å²) >= 11 is 0. The Bertz CT molecular complexity index is 3470. The van der Waals surface area contributed by atoms with Crippen molar-refractivity contribution in [1.82, 2.24) is 19.9 Å². The number of hydrogen-bond donors (Lipinski definition) is 4. The first-order valence-electron chi connectivity index (χ1n) is 22.9. The van der Waals surface area contributed by atoms with Gasteiger partial charge < -0.3 is 29.7 Å². The minimum atomic E-state index is -0.575. The van der Waals surface area contributed by atoms with E-state index < -0.39 is 11.9 Å². The average molecular weight is 909 g/mol. The SMILES string of the molecule is Cc1ccc(-c2c3nc(c(-c4ccc(C)cc4)c4ccc([nH]4)c(-c4ccc(C(=O)OCCCOC(=O)Cc5cc(O)ccc5O)cc4)c4nc(c(-c5ccc(C)cc5)c5ccc2[nH]5)C=C4)C=C3)cc1. The molecule has 8 bridgehead atoms. The molecule has 0 atom stereocenters. The zero-order valence-electron chi connectivity index (χ0n) is 38.3. The van der Waals surface area contributed by atoms with Crippen LogP contribution in [0.5, 0.6) is 11.5 Å². The van der Waals surface area contributed by atoms with Crippen molar-refractivity contribution in [3.63, 3.8) is 0 Å². The molecule has 10 heteroatoms. The van der Waals surface area contributed by atoms with Gasteiger partial charge >= 0.3 is 11.9 Å². The number of aryl methyl sites for hydroxylation is 3. The zero-order valence-corrected chi connectivity index (χ0v) is 38.3. The van der Waals surface area contributed by atoms with Crippen LogP contribution in [0.1, 0.15) is 61.8 Å². The molecule has 4 N–H and O–H groups in total. The zero-order chi connectivity index (χ0) is 47.6. The maximum atomic E-state index is 13.3. The van der Waals surface area contributed by atoms with Gasteiger partial charge in [-0.05, 0) is 122 Å². The maximum absolute atomic E-state index is 13.3. The van der Waals surface area contributed by atoms with Gasteiger partial charge in [-0.3, -0.25) is 4.79 Å². The summed E-state index contributed by atoms with van der Waals surface area (Å²) in [4.78, 5) is 44.0. The van der Waals surface area contributed by atoms with Crippen molar-refractivity contribution in [2.24, 2.45) is 0 Å². The van der Waals surface area contributed by atoms with E-state index in [9.17, 15) is 19.8 Å². The lowest BCUT2D eigenvalue weighted by Crippen LogP contribution is -2.12. The van der Waals surface area contributed by atoms with Gasteiger partial charge in [0.2, 0.25) is 0 Å². The van der Waals surface area contributed by atoms with Gasteiger partial charge in [-0.25, -0.2) is 14.8 Å². The quantitative estimate of drug-likeness (QED) is 0.0569. The second kappa shape index (κ2) is 18.9. The molecule has 0 radical (unpaired) electrons. The van der Waals surface area contributed by atoms with E-state index in [1.54, 1.807) is 12.1 Å². The summed E-state index contributed by atoms with van der Waals surface area (Å²) in [5, 5.41) is 19.7. The van der Waals surface area contributed by atoms with Gasteiger partial charge in [0.05, 0.1) is 48.0 Å². The summed E-state index contributed by atoms with van der Waals surface area (Å²) < 4.78 is 10.8. The fourth-order valence-electron chi connectivity index (χ4n) is 8.77. The molecule has 69 heavy (non-hydrogen) atoms. The minimum Gasteiger partial charge on any atom is -0.508 e. The van der Waals surface area contributed by atoms with Crippen LogP contribution >= 0.6 is 0 Å². The van der Waals surface area contributed by atoms with E-state index in [0.29, 0.717) is 5.56 Å². The highest BCUT2D eigenvalue weighted by molar-refractivity contribution is 6.00. The van der Waals surface area contributed by atoms with Crippen molar-refractivity contribution in [3.05, 3.63) is 190 Å². The summed E-state index contributed by atoms with van der Waals surface area (Å²) in [6.45, 7) is 6.30. The molecular weight excluding hydrogens is 861 g/mol. The number of aromatic hydroxyl groups is 2. The van der Waals surface area contributed by atoms with Gasteiger partial charge in [0.1, 0.15) is 11.5 Å². The third kappa shape index (κ3) is 9.33. The number of nitrogens with zero attached hydrogens (tertiary/aromatic N) is 2. The standard InChI is InChI=1S/C59H48N4O6/c1-35-5-11-38(12-6-35)55-45-22-24-47(60-45)56(39-13-7-36(2)8-14-39)49-26-28-51(62-49)58(52-29-27-50(63-52)57(48-25-23-46(55)61-48)40-15-9-37(3)10-16-40)41-17-19-42(20-18-41)59(67)69-32-4-31-68-54(66)34-43-33-44(64)21-30-53(43)65/h5-30,33,60,63-65H,4,31-32,34H2,1-3H3. The van der Waals surface area contributed by atoms with Crippen molar-refractivity contribution in [1.29, 1.82) is 0 Å². The van der Waals surface area contributed by atoms with Crippen LogP contribution in [-0.4, -0.2) is 55.3 Å². The summed E-state index contributed by atoms with van der Waals surface area (Å²) in [7, 11) is 0. The molecule has 340 valence electrons. The van der Waals surface area contributed by atoms with Crippen LogP contribution in [0.3, 0.4) is 0 Å². The smallest absolute Gasteiger partial charge is 0.338 e. The first-order chi connectivity index (χ1) is 33.5. The average Bonchev–Trinajstić information content (AvgIpc) is 4.21. The molecule has 0 amide bonds. The summed E-state index contributed by atoms with van der Waals surface area (Å²) in [5.41, 5.74) is 18.5. The van der Waals surface area contributed by atoms with Crippen molar-refractivity contribution < 1.29 is 29.3 Å². The predicted molar refractivity (Wildman–Crippen MR) is 274 cm³/mol. The summed E-state index contributed by atoms with van der Waals surface area (Å²) in [6.07, 6.45) is 8.37. The summed E-state index contributed by atoms with van der Waals surface area (Å²) in [6, 6.07) is 45.2. The van der Waals surface area contributed by atoms with Crippen LogP contribution in [-0.2, 0) is 20.7 Å². The van der Waals surface area contributed by atoms with Crippen molar-refractivity contribution in [2.45, 2.75) is 33.6 Å². The van der Waals surface area contributed by atoms with E-state index >= 15 is 0 Å². The Hall–Kier alpha value is -8.76. The van der Waals surface area contributed by atoms with Crippen LogP contribution in [0.2, 0.25) is 0 Å². The van der Waals surface area contributed by atoms with E-state index in [-0.39, 0.29) is 43.1 Å². The van der Waals surface area contributed by atoms with Gasteiger partial charge in [0, 0.05) is 56.3 Å². The molecule has 0 aliphatic carbocycles. The Kier molecular flexibility index (Phi) is 12.0. The molecule has 0 spiro atoms. The first kappa shape index (κ1) is 44.1. The molecule has 2 aliphatic rings. The highest BCUT2D eigenvalue weighted by atomic mass is 16.5. The number of nitrogens with one attached hydrogen (secondary N) is 2. The number of carbonyl (C=O) groups is 2. The number of H-pyrrole nitrogens is 2. The number of esters is 2. The number of fused-ring (bicyclic) bond motifs is 8. The fraction of sp³-hybridized carbons (Fsp3) is 0.119. The van der Waals surface area contributed by atoms with Gasteiger partial charge in [-0.15, -0.1) is 0 Å². The molecule has 5 heterocycles. The van der Waals surface area contributed by atoms with E-state index in [0.717, 1.165) is 100 Å². The van der Waals surface area contributed by atoms with E-state index in [4.69, 9.17) is 19.4 Å². The van der Waals surface area contributed by atoms with Crippen LogP contribution in [0, 0.1) is 20.8 Å². The Morgan fingerprint density at radius 3 is 1.26 bits per heavy atom. The molecule has 8 aromatic rings. The molecule has 0 saturated heterocycles. The Morgan fingerprint density at radius 2 is 0.855 bits per heavy atom. The van der Waals surface area contributed by atoms with Crippen LogP contribution in [0.25, 0.3) is 90.9 Å². The van der Waals surface area contributed by atoms with Gasteiger partial charge in [-0.1, -0.05) is 102 Å². The van der Waals surface area contributed by atoms with E-state index in [1.165, 1.54) is 23.8 Å². The predicted octanol–water partition coefficient (Wildman–Crippen LogP) is 13.0. The minimum absolute atomic E-state index is 0.0167. The molecule has 0 fully saturated rings. The second-order valence-corrected chi connectivity index (χ2v) is 17.4. The number of aromatic nitrogens is 4. The normalized spacial score (nSPS) is 11.8. The van der Waals surface area contributed by atoms with Crippen LogP contribution in [0.15, 0.2) is 140 Å². The largest absolute Gasteiger partial charge is 0.508 e. The number of benzene rings is 5. The molecule has 5 aromatic carbocycles. The molecule has 0 unspecified atom stereocenters. The highest BCUT2D eigenvalue weighted by Gasteiger charge is 2.20. The Labute approximate surface area is 399 Å². The van der Waals surface area contributed by atoms with Gasteiger partial charge in [0.15, 0.2) is 0 Å². The summed E-state index contributed by atoms with van der Waals surface area (Å²) in [5.74, 6) is -1.26. The number of phenolic OH excluding ortho intramolecular Hbond substituents is 2. The molecule has 3 aromatic heterocycles. The number of phenols is 2. The van der Waals surface area contributed by atoms with Crippen LogP contribution in [0.4, 0.5) is 0 Å². The Balaban J connectivity index is 1.07. The van der Waals surface area contributed by atoms with E-state index in [2.05, 4.69) is 146 Å². The molecule has 2 aliphatic heterocycles. The topological polar surface area (TPSA) is 150 Å². The molecule has 0 saturated carbocycles.